The van der Waals surface area contributed by atoms with Gasteiger partial charge >= 0.3 is 5.63 Å². The average Bonchev–Trinajstić information content (AvgIpc) is 2.47. The van der Waals surface area contributed by atoms with E-state index in [0.29, 0.717) is 17.8 Å². The molecule has 1 aromatic heterocycles. The third-order valence-electron chi connectivity index (χ3n) is 3.73. The summed E-state index contributed by atoms with van der Waals surface area (Å²) in [6.07, 6.45) is 0.619. The Morgan fingerprint density at radius 3 is 2.52 bits per heavy atom. The van der Waals surface area contributed by atoms with E-state index < -0.39 is 0 Å². The summed E-state index contributed by atoms with van der Waals surface area (Å²) in [6, 6.07) is 6.95. The van der Waals surface area contributed by atoms with Gasteiger partial charge in [0, 0.05) is 29.0 Å². The molecule has 1 atom stereocenters. The quantitative estimate of drug-likeness (QED) is 0.608. The fraction of sp³-hybridized carbons (Fsp3) is 0.438. The first-order valence-electron chi connectivity index (χ1n) is 6.68. The predicted molar refractivity (Wildman–Crippen MR) is 86.5 cm³/mol. The molecule has 2 aromatic rings. The van der Waals surface area contributed by atoms with Gasteiger partial charge in [-0.05, 0) is 38.5 Å². The highest BCUT2D eigenvalue weighted by Gasteiger charge is 2.29. The van der Waals surface area contributed by atoms with Gasteiger partial charge in [0.2, 0.25) is 0 Å². The monoisotopic (exact) mass is 354 g/mol. The van der Waals surface area contributed by atoms with Crippen LogP contribution in [0.4, 0.5) is 0 Å². The van der Waals surface area contributed by atoms with E-state index in [9.17, 15) is 4.79 Å². The van der Waals surface area contributed by atoms with Crippen molar-refractivity contribution < 1.29 is 13.9 Å². The van der Waals surface area contributed by atoms with Gasteiger partial charge in [0.05, 0.1) is 12.7 Å². The molecule has 0 aliphatic heterocycles. The largest absolute Gasteiger partial charge is 0.496 e. The maximum absolute atomic E-state index is 11.5. The van der Waals surface area contributed by atoms with Gasteiger partial charge < -0.3 is 13.9 Å². The average molecular weight is 355 g/mol. The van der Waals surface area contributed by atoms with E-state index in [-0.39, 0.29) is 16.1 Å². The van der Waals surface area contributed by atoms with Crippen LogP contribution in [0.2, 0.25) is 0 Å². The van der Waals surface area contributed by atoms with Crippen LogP contribution in [0.3, 0.4) is 0 Å². The minimum absolute atomic E-state index is 0.0417. The van der Waals surface area contributed by atoms with Crippen molar-refractivity contribution in [2.24, 2.45) is 0 Å². The second-order valence-electron chi connectivity index (χ2n) is 5.40. The lowest BCUT2D eigenvalue weighted by molar-refractivity contribution is 0.0225. The lowest BCUT2D eigenvalue weighted by Gasteiger charge is -2.29. The van der Waals surface area contributed by atoms with E-state index in [1.807, 2.05) is 26.0 Å². The molecule has 0 aliphatic rings. The maximum Gasteiger partial charge on any atom is 0.336 e. The first-order valence-corrected chi connectivity index (χ1v) is 7.59. The Kier molecular flexibility index (Phi) is 4.74. The van der Waals surface area contributed by atoms with E-state index >= 15 is 0 Å². The Morgan fingerprint density at radius 1 is 1.24 bits per heavy atom. The first-order chi connectivity index (χ1) is 9.89. The molecule has 0 saturated carbocycles. The van der Waals surface area contributed by atoms with Crippen molar-refractivity contribution >= 4 is 26.9 Å². The summed E-state index contributed by atoms with van der Waals surface area (Å²) in [5.74, 6) is 0.702. The van der Waals surface area contributed by atoms with E-state index in [2.05, 4.69) is 15.9 Å². The molecule has 0 bridgehead atoms. The molecule has 0 saturated heterocycles. The van der Waals surface area contributed by atoms with Crippen molar-refractivity contribution in [2.75, 3.05) is 14.2 Å². The zero-order valence-electron chi connectivity index (χ0n) is 12.6. The fourth-order valence-corrected chi connectivity index (χ4v) is 2.62. The predicted octanol–water partition coefficient (Wildman–Crippen LogP) is 3.53. The van der Waals surface area contributed by atoms with Crippen LogP contribution < -0.4 is 10.4 Å². The van der Waals surface area contributed by atoms with Gasteiger partial charge in [-0.3, -0.25) is 0 Å². The highest BCUT2D eigenvalue weighted by molar-refractivity contribution is 9.09. The molecule has 0 aliphatic carbocycles. The Morgan fingerprint density at radius 2 is 1.90 bits per heavy atom. The number of rotatable bonds is 5. The summed E-state index contributed by atoms with van der Waals surface area (Å²) in [6.45, 7) is 4.00. The summed E-state index contributed by atoms with van der Waals surface area (Å²) in [5.41, 5.74) is 0.703. The SMILES string of the molecule is COc1ccc2ccc(=O)oc2c1C[C@H](Br)C(C)(C)OC. The summed E-state index contributed by atoms with van der Waals surface area (Å²) < 4.78 is 16.3. The van der Waals surface area contributed by atoms with Gasteiger partial charge in [-0.15, -0.1) is 0 Å². The summed E-state index contributed by atoms with van der Waals surface area (Å²) in [4.78, 5) is 11.6. The second-order valence-corrected chi connectivity index (χ2v) is 6.50. The number of fused-ring (bicyclic) bond motifs is 1. The van der Waals surface area contributed by atoms with Gasteiger partial charge in [0.1, 0.15) is 11.3 Å². The molecule has 0 spiro atoms. The van der Waals surface area contributed by atoms with Crippen LogP contribution in [0.25, 0.3) is 11.0 Å². The number of alkyl halides is 1. The van der Waals surface area contributed by atoms with E-state index in [1.54, 1.807) is 20.3 Å². The molecular formula is C16H19BrO4. The van der Waals surface area contributed by atoms with Gasteiger partial charge in [-0.2, -0.15) is 0 Å². The highest BCUT2D eigenvalue weighted by Crippen LogP contribution is 2.33. The van der Waals surface area contributed by atoms with Crippen LogP contribution in [0.1, 0.15) is 19.4 Å². The number of hydrogen-bond donors (Lipinski definition) is 0. The van der Waals surface area contributed by atoms with Crippen LogP contribution in [0.5, 0.6) is 5.75 Å². The summed E-state index contributed by atoms with van der Waals surface area (Å²) in [7, 11) is 3.28. The van der Waals surface area contributed by atoms with Crippen LogP contribution in [0.15, 0.2) is 33.5 Å². The number of halogens is 1. The minimum atomic E-state index is -0.367. The molecule has 4 nitrogen and oxygen atoms in total. The van der Waals surface area contributed by atoms with Crippen molar-refractivity contribution in [3.05, 3.63) is 40.2 Å². The minimum Gasteiger partial charge on any atom is -0.496 e. The molecule has 0 fully saturated rings. The number of benzene rings is 1. The molecule has 0 radical (unpaired) electrons. The van der Waals surface area contributed by atoms with Crippen molar-refractivity contribution in [1.82, 2.24) is 0 Å². The van der Waals surface area contributed by atoms with E-state index in [1.165, 1.54) is 6.07 Å². The normalized spacial score (nSPS) is 13.4. The maximum atomic E-state index is 11.5. The lowest BCUT2D eigenvalue weighted by Crippen LogP contribution is -2.35. The standard InChI is InChI=1S/C16H19BrO4/c1-16(2,20-4)13(17)9-11-12(19-3)7-5-10-6-8-14(18)21-15(10)11/h5-8,13H,9H2,1-4H3/t13-/m0/s1. The van der Waals surface area contributed by atoms with Crippen molar-refractivity contribution in [2.45, 2.75) is 30.7 Å². The zero-order chi connectivity index (χ0) is 15.6. The van der Waals surface area contributed by atoms with Gasteiger partial charge in [-0.25, -0.2) is 4.79 Å². The van der Waals surface area contributed by atoms with Crippen LogP contribution in [-0.2, 0) is 11.2 Å². The molecule has 1 heterocycles. The molecule has 21 heavy (non-hydrogen) atoms. The molecule has 0 amide bonds. The van der Waals surface area contributed by atoms with E-state index in [0.717, 1.165) is 10.9 Å². The molecule has 0 N–H and O–H groups in total. The topological polar surface area (TPSA) is 48.7 Å². The molecule has 114 valence electrons. The lowest BCUT2D eigenvalue weighted by atomic mass is 9.96. The number of ether oxygens (including phenoxy) is 2. The highest BCUT2D eigenvalue weighted by atomic mass is 79.9. The van der Waals surface area contributed by atoms with Crippen LogP contribution in [0, 0.1) is 0 Å². The molecule has 0 unspecified atom stereocenters. The number of hydrogen-bond acceptors (Lipinski definition) is 4. The Hall–Kier alpha value is -1.33. The molecule has 2 rings (SSSR count). The van der Waals surface area contributed by atoms with Crippen molar-refractivity contribution in [3.63, 3.8) is 0 Å². The molecular weight excluding hydrogens is 336 g/mol. The Balaban J connectivity index is 2.55. The van der Waals surface area contributed by atoms with Gasteiger partial charge in [0.15, 0.2) is 0 Å². The Bertz CT molecular complexity index is 690. The molecule has 1 aromatic carbocycles. The Labute approximate surface area is 132 Å². The van der Waals surface area contributed by atoms with E-state index in [4.69, 9.17) is 13.9 Å². The van der Waals surface area contributed by atoms with Crippen molar-refractivity contribution in [1.29, 1.82) is 0 Å². The summed E-state index contributed by atoms with van der Waals surface area (Å²) >= 11 is 3.66. The van der Waals surface area contributed by atoms with Crippen molar-refractivity contribution in [3.8, 4) is 5.75 Å². The third kappa shape index (κ3) is 3.30. The number of methoxy groups -OCH3 is 2. The van der Waals surface area contributed by atoms with Crippen LogP contribution >= 0.6 is 15.9 Å². The third-order valence-corrected chi connectivity index (χ3v) is 5.16. The smallest absolute Gasteiger partial charge is 0.336 e. The second kappa shape index (κ2) is 6.20. The zero-order valence-corrected chi connectivity index (χ0v) is 14.2. The van der Waals surface area contributed by atoms with Gasteiger partial charge in [-0.1, -0.05) is 15.9 Å². The molecule has 5 heteroatoms. The van der Waals surface area contributed by atoms with Crippen LogP contribution in [-0.4, -0.2) is 24.6 Å². The first kappa shape index (κ1) is 16.0. The van der Waals surface area contributed by atoms with Gasteiger partial charge in [0.25, 0.3) is 0 Å². The summed E-state index contributed by atoms with van der Waals surface area (Å²) in [5, 5.41) is 0.875. The fourth-order valence-electron chi connectivity index (χ4n) is 2.11.